The van der Waals surface area contributed by atoms with Gasteiger partial charge in [0, 0.05) is 55.8 Å². The standard InChI is InChI=1S/C19H20N4O4S/c24-23(25)16-4-2-15(3-5-16)21-7-9-22(10-8-21)19(28)20-14-1-6-17-18(13-14)27-12-11-26-17/h1-6,13H,7-12H2,(H,20,28). The first-order valence-electron chi connectivity index (χ1n) is 9.05. The molecule has 0 atom stereocenters. The fraction of sp³-hybridized carbons (Fsp3) is 0.316. The minimum atomic E-state index is -0.385. The first-order valence-corrected chi connectivity index (χ1v) is 9.46. The average molecular weight is 400 g/mol. The fourth-order valence-electron chi connectivity index (χ4n) is 3.28. The minimum absolute atomic E-state index is 0.104. The van der Waals surface area contributed by atoms with E-state index in [1.54, 1.807) is 12.1 Å². The van der Waals surface area contributed by atoms with Crippen molar-refractivity contribution in [1.29, 1.82) is 0 Å². The molecule has 2 aromatic carbocycles. The third kappa shape index (κ3) is 3.94. The van der Waals surface area contributed by atoms with Crippen molar-refractivity contribution < 1.29 is 14.4 Å². The van der Waals surface area contributed by atoms with Gasteiger partial charge in [-0.05, 0) is 36.5 Å². The van der Waals surface area contributed by atoms with Gasteiger partial charge in [0.2, 0.25) is 0 Å². The summed E-state index contributed by atoms with van der Waals surface area (Å²) in [5.41, 5.74) is 1.95. The van der Waals surface area contributed by atoms with Gasteiger partial charge in [-0.3, -0.25) is 10.1 Å². The van der Waals surface area contributed by atoms with Crippen molar-refractivity contribution in [2.45, 2.75) is 0 Å². The van der Waals surface area contributed by atoms with Crippen LogP contribution in [-0.2, 0) is 0 Å². The van der Waals surface area contributed by atoms with E-state index < -0.39 is 0 Å². The SMILES string of the molecule is O=[N+]([O-])c1ccc(N2CCN(C(=S)Nc3ccc4c(c3)OCCO4)CC2)cc1. The number of hydrogen-bond acceptors (Lipinski definition) is 6. The van der Waals surface area contributed by atoms with E-state index in [1.165, 1.54) is 12.1 Å². The van der Waals surface area contributed by atoms with Crippen LogP contribution in [-0.4, -0.2) is 54.3 Å². The summed E-state index contributed by atoms with van der Waals surface area (Å²) in [4.78, 5) is 14.7. The van der Waals surface area contributed by atoms with Gasteiger partial charge in [-0.1, -0.05) is 0 Å². The Bertz CT molecular complexity index is 882. The second-order valence-corrected chi connectivity index (χ2v) is 6.92. The normalized spacial score (nSPS) is 15.9. The van der Waals surface area contributed by atoms with Crippen LogP contribution in [0.4, 0.5) is 17.1 Å². The van der Waals surface area contributed by atoms with Gasteiger partial charge in [-0.25, -0.2) is 0 Å². The number of nitrogens with one attached hydrogen (secondary N) is 1. The molecule has 2 aliphatic rings. The summed E-state index contributed by atoms with van der Waals surface area (Å²) < 4.78 is 11.1. The summed E-state index contributed by atoms with van der Waals surface area (Å²) >= 11 is 5.56. The van der Waals surface area contributed by atoms with Gasteiger partial charge in [0.25, 0.3) is 5.69 Å². The summed E-state index contributed by atoms with van der Waals surface area (Å²) in [5, 5.41) is 14.7. The van der Waals surface area contributed by atoms with Gasteiger partial charge in [0.1, 0.15) is 13.2 Å². The quantitative estimate of drug-likeness (QED) is 0.479. The first-order chi connectivity index (χ1) is 13.6. The van der Waals surface area contributed by atoms with E-state index in [1.807, 2.05) is 18.2 Å². The molecule has 0 amide bonds. The van der Waals surface area contributed by atoms with Gasteiger partial charge >= 0.3 is 0 Å². The highest BCUT2D eigenvalue weighted by molar-refractivity contribution is 7.80. The minimum Gasteiger partial charge on any atom is -0.486 e. The van der Waals surface area contributed by atoms with Crippen LogP contribution in [0, 0.1) is 10.1 Å². The summed E-state index contributed by atoms with van der Waals surface area (Å²) in [7, 11) is 0. The van der Waals surface area contributed by atoms with Gasteiger partial charge in [-0.15, -0.1) is 0 Å². The van der Waals surface area contributed by atoms with Crippen LogP contribution < -0.4 is 19.7 Å². The number of benzene rings is 2. The van der Waals surface area contributed by atoms with E-state index in [4.69, 9.17) is 21.7 Å². The van der Waals surface area contributed by atoms with Crippen molar-refractivity contribution in [3.05, 3.63) is 52.6 Å². The van der Waals surface area contributed by atoms with Crippen molar-refractivity contribution in [2.75, 3.05) is 49.6 Å². The molecule has 0 radical (unpaired) electrons. The number of non-ortho nitro benzene ring substituents is 1. The smallest absolute Gasteiger partial charge is 0.269 e. The number of thiocarbonyl (C=S) groups is 1. The van der Waals surface area contributed by atoms with E-state index in [2.05, 4.69) is 15.1 Å². The Hall–Kier alpha value is -3.07. The Balaban J connectivity index is 1.33. The van der Waals surface area contributed by atoms with Crippen molar-refractivity contribution in [2.24, 2.45) is 0 Å². The molecule has 4 rings (SSSR count). The predicted molar refractivity (Wildman–Crippen MR) is 111 cm³/mol. The Morgan fingerprint density at radius 2 is 1.68 bits per heavy atom. The number of nitro groups is 1. The van der Waals surface area contributed by atoms with Gasteiger partial charge in [-0.2, -0.15) is 0 Å². The molecule has 0 saturated carbocycles. The number of anilines is 2. The molecule has 1 saturated heterocycles. The van der Waals surface area contributed by atoms with Crippen molar-refractivity contribution in [3.8, 4) is 11.5 Å². The van der Waals surface area contributed by atoms with Crippen LogP contribution in [0.15, 0.2) is 42.5 Å². The molecule has 2 heterocycles. The maximum Gasteiger partial charge on any atom is 0.269 e. The molecule has 0 bridgehead atoms. The van der Waals surface area contributed by atoms with Crippen LogP contribution in [0.3, 0.4) is 0 Å². The zero-order valence-corrected chi connectivity index (χ0v) is 16.0. The van der Waals surface area contributed by atoms with Crippen molar-refractivity contribution >= 4 is 34.4 Å². The molecule has 0 aliphatic carbocycles. The van der Waals surface area contributed by atoms with Crippen LogP contribution in [0.1, 0.15) is 0 Å². The number of nitro benzene ring substituents is 1. The molecule has 2 aliphatic heterocycles. The van der Waals surface area contributed by atoms with Crippen LogP contribution in [0.2, 0.25) is 0 Å². The number of fused-ring (bicyclic) bond motifs is 1. The van der Waals surface area contributed by atoms with Crippen LogP contribution >= 0.6 is 12.2 Å². The topological polar surface area (TPSA) is 80.1 Å². The molecule has 0 spiro atoms. The molecule has 28 heavy (non-hydrogen) atoms. The molecule has 1 fully saturated rings. The predicted octanol–water partition coefficient (Wildman–Crippen LogP) is 2.89. The number of hydrogen-bond donors (Lipinski definition) is 1. The van der Waals surface area contributed by atoms with Crippen molar-refractivity contribution in [3.63, 3.8) is 0 Å². The summed E-state index contributed by atoms with van der Waals surface area (Å²) in [5.74, 6) is 1.47. The highest BCUT2D eigenvalue weighted by Crippen LogP contribution is 2.32. The van der Waals surface area contributed by atoms with Crippen LogP contribution in [0.25, 0.3) is 0 Å². The largest absolute Gasteiger partial charge is 0.486 e. The summed E-state index contributed by atoms with van der Waals surface area (Å²) in [6.07, 6.45) is 0. The number of rotatable bonds is 3. The lowest BCUT2D eigenvalue weighted by Crippen LogP contribution is -2.50. The number of ether oxygens (including phenoxy) is 2. The molecule has 0 aromatic heterocycles. The Morgan fingerprint density at radius 1 is 1.00 bits per heavy atom. The van der Waals surface area contributed by atoms with Gasteiger partial charge in [0.05, 0.1) is 4.92 Å². The third-order valence-electron chi connectivity index (χ3n) is 4.79. The maximum absolute atomic E-state index is 10.8. The van der Waals surface area contributed by atoms with E-state index in [9.17, 15) is 10.1 Å². The lowest BCUT2D eigenvalue weighted by molar-refractivity contribution is -0.384. The number of piperazine rings is 1. The zero-order valence-electron chi connectivity index (χ0n) is 15.2. The second kappa shape index (κ2) is 7.89. The Kier molecular flexibility index (Phi) is 5.16. The monoisotopic (exact) mass is 400 g/mol. The molecular formula is C19H20N4O4S. The highest BCUT2D eigenvalue weighted by Gasteiger charge is 2.20. The Morgan fingerprint density at radius 3 is 2.36 bits per heavy atom. The van der Waals surface area contributed by atoms with Gasteiger partial charge < -0.3 is 24.6 Å². The average Bonchev–Trinajstić information content (AvgIpc) is 2.74. The summed E-state index contributed by atoms with van der Waals surface area (Å²) in [6.45, 7) is 4.24. The van der Waals surface area contributed by atoms with Crippen LogP contribution in [0.5, 0.6) is 11.5 Å². The molecule has 2 aromatic rings. The molecule has 0 unspecified atom stereocenters. The second-order valence-electron chi connectivity index (χ2n) is 6.54. The van der Waals surface area contributed by atoms with E-state index in [0.717, 1.165) is 49.1 Å². The van der Waals surface area contributed by atoms with Gasteiger partial charge in [0.15, 0.2) is 16.6 Å². The van der Waals surface area contributed by atoms with E-state index in [0.29, 0.717) is 18.3 Å². The molecule has 1 N–H and O–H groups in total. The lowest BCUT2D eigenvalue weighted by atomic mass is 10.2. The third-order valence-corrected chi connectivity index (χ3v) is 5.15. The highest BCUT2D eigenvalue weighted by atomic mass is 32.1. The molecular weight excluding hydrogens is 380 g/mol. The number of nitrogens with zero attached hydrogens (tertiary/aromatic N) is 3. The summed E-state index contributed by atoms with van der Waals surface area (Å²) in [6, 6.07) is 12.4. The fourth-order valence-corrected chi connectivity index (χ4v) is 3.58. The zero-order chi connectivity index (χ0) is 19.5. The first kappa shape index (κ1) is 18.3. The lowest BCUT2D eigenvalue weighted by Gasteiger charge is -2.37. The van der Waals surface area contributed by atoms with E-state index in [-0.39, 0.29) is 10.6 Å². The molecule has 8 nitrogen and oxygen atoms in total. The van der Waals surface area contributed by atoms with Crippen molar-refractivity contribution in [1.82, 2.24) is 4.90 Å². The molecule has 146 valence electrons. The molecule has 9 heteroatoms. The Labute approximate surface area is 167 Å². The van der Waals surface area contributed by atoms with E-state index >= 15 is 0 Å². The maximum atomic E-state index is 10.8.